The van der Waals surface area contributed by atoms with Gasteiger partial charge in [0, 0.05) is 24.5 Å². The molecule has 5 heteroatoms. The lowest BCUT2D eigenvalue weighted by atomic mass is 10.1. The van der Waals surface area contributed by atoms with Crippen LogP contribution in [0.25, 0.3) is 22.4 Å². The number of aryl methyl sites for hydroxylation is 1. The monoisotopic (exact) mass is 258 g/mol. The number of hydrogen-bond acceptors (Lipinski definition) is 5. The molecule has 0 aliphatic rings. The molecular formula is C14H14N2O3. The summed E-state index contributed by atoms with van der Waals surface area (Å²) in [5.74, 6) is 2.06. The lowest BCUT2D eigenvalue weighted by molar-refractivity contribution is 0.199. The molecule has 0 atom stereocenters. The highest BCUT2D eigenvalue weighted by atomic mass is 16.5. The lowest BCUT2D eigenvalue weighted by Gasteiger charge is -1.93. The number of fused-ring (bicyclic) bond motifs is 1. The highest BCUT2D eigenvalue weighted by molar-refractivity contribution is 5.82. The van der Waals surface area contributed by atoms with Gasteiger partial charge in [0.15, 0.2) is 5.82 Å². The van der Waals surface area contributed by atoms with Crippen LogP contribution in [-0.4, -0.2) is 23.9 Å². The summed E-state index contributed by atoms with van der Waals surface area (Å²) in [6.07, 6.45) is 0.646. The fourth-order valence-electron chi connectivity index (χ4n) is 1.98. The SMILES string of the molecule is COCCc1noc(-c2ccc3oc(C)cc3c2)n1. The number of rotatable bonds is 4. The van der Waals surface area contributed by atoms with E-state index in [1.807, 2.05) is 31.2 Å². The molecular weight excluding hydrogens is 244 g/mol. The van der Waals surface area contributed by atoms with Crippen molar-refractivity contribution in [3.05, 3.63) is 35.9 Å². The first-order chi connectivity index (χ1) is 9.26. The Morgan fingerprint density at radius 3 is 3.00 bits per heavy atom. The number of nitrogens with zero attached hydrogens (tertiary/aromatic N) is 2. The zero-order valence-electron chi connectivity index (χ0n) is 10.8. The third-order valence-electron chi connectivity index (χ3n) is 2.88. The van der Waals surface area contributed by atoms with Crippen molar-refractivity contribution in [2.45, 2.75) is 13.3 Å². The van der Waals surface area contributed by atoms with Crippen molar-refractivity contribution < 1.29 is 13.7 Å². The Bertz CT molecular complexity index is 700. The van der Waals surface area contributed by atoms with Crippen LogP contribution in [0.4, 0.5) is 0 Å². The molecule has 0 saturated heterocycles. The predicted octanol–water partition coefficient (Wildman–Crippen LogP) is 2.98. The number of benzene rings is 1. The standard InChI is InChI=1S/C14H14N2O3/c1-9-7-11-8-10(3-4-12(11)18-9)14-15-13(16-19-14)5-6-17-2/h3-4,7-8H,5-6H2,1-2H3. The molecule has 0 N–H and O–H groups in total. The molecule has 0 amide bonds. The van der Waals surface area contributed by atoms with Crippen LogP contribution in [0.5, 0.6) is 0 Å². The number of furan rings is 1. The number of hydrogen-bond donors (Lipinski definition) is 0. The minimum absolute atomic E-state index is 0.520. The van der Waals surface area contributed by atoms with Gasteiger partial charge in [-0.1, -0.05) is 5.16 Å². The maximum absolute atomic E-state index is 5.53. The van der Waals surface area contributed by atoms with Gasteiger partial charge in [-0.25, -0.2) is 0 Å². The lowest BCUT2D eigenvalue weighted by Crippen LogP contribution is -1.96. The van der Waals surface area contributed by atoms with Gasteiger partial charge < -0.3 is 13.7 Å². The van der Waals surface area contributed by atoms with E-state index in [0.29, 0.717) is 24.7 Å². The van der Waals surface area contributed by atoms with Crippen LogP contribution >= 0.6 is 0 Å². The maximum atomic E-state index is 5.53. The average Bonchev–Trinajstić information content (AvgIpc) is 3.00. The molecule has 2 aromatic heterocycles. The van der Waals surface area contributed by atoms with Crippen molar-refractivity contribution in [1.29, 1.82) is 0 Å². The van der Waals surface area contributed by atoms with Crippen LogP contribution in [0.15, 0.2) is 33.2 Å². The number of ether oxygens (including phenoxy) is 1. The van der Waals surface area contributed by atoms with Gasteiger partial charge >= 0.3 is 0 Å². The molecule has 0 aliphatic carbocycles. The van der Waals surface area contributed by atoms with Crippen molar-refractivity contribution in [2.75, 3.05) is 13.7 Å². The molecule has 19 heavy (non-hydrogen) atoms. The Labute approximate surface area is 110 Å². The van der Waals surface area contributed by atoms with Crippen LogP contribution < -0.4 is 0 Å². The zero-order chi connectivity index (χ0) is 13.2. The summed E-state index contributed by atoms with van der Waals surface area (Å²) in [7, 11) is 1.65. The van der Waals surface area contributed by atoms with Gasteiger partial charge in [0.05, 0.1) is 6.61 Å². The van der Waals surface area contributed by atoms with E-state index in [1.54, 1.807) is 7.11 Å². The van der Waals surface area contributed by atoms with Crippen LogP contribution in [0, 0.1) is 6.92 Å². The molecule has 98 valence electrons. The molecule has 3 rings (SSSR count). The minimum atomic E-state index is 0.520. The topological polar surface area (TPSA) is 61.3 Å². The third-order valence-corrected chi connectivity index (χ3v) is 2.88. The van der Waals surface area contributed by atoms with Crippen LogP contribution in [0.3, 0.4) is 0 Å². The molecule has 5 nitrogen and oxygen atoms in total. The molecule has 0 fully saturated rings. The Morgan fingerprint density at radius 2 is 2.16 bits per heavy atom. The van der Waals surface area contributed by atoms with Crippen molar-refractivity contribution in [3.8, 4) is 11.5 Å². The number of aromatic nitrogens is 2. The first-order valence-corrected chi connectivity index (χ1v) is 6.08. The second-order valence-electron chi connectivity index (χ2n) is 4.37. The normalized spacial score (nSPS) is 11.3. The fourth-order valence-corrected chi connectivity index (χ4v) is 1.98. The van der Waals surface area contributed by atoms with E-state index in [-0.39, 0.29) is 0 Å². The minimum Gasteiger partial charge on any atom is -0.461 e. The van der Waals surface area contributed by atoms with E-state index in [4.69, 9.17) is 13.7 Å². The van der Waals surface area contributed by atoms with Crippen molar-refractivity contribution >= 4 is 11.0 Å². The van der Waals surface area contributed by atoms with Gasteiger partial charge in [0.2, 0.25) is 0 Å². The smallest absolute Gasteiger partial charge is 0.257 e. The molecule has 2 heterocycles. The average molecular weight is 258 g/mol. The molecule has 0 unspecified atom stereocenters. The Morgan fingerprint density at radius 1 is 1.26 bits per heavy atom. The molecule has 0 radical (unpaired) electrons. The van der Waals surface area contributed by atoms with Crippen molar-refractivity contribution in [2.24, 2.45) is 0 Å². The molecule has 0 bridgehead atoms. The van der Waals surface area contributed by atoms with E-state index in [1.165, 1.54) is 0 Å². The first-order valence-electron chi connectivity index (χ1n) is 6.08. The molecule has 0 spiro atoms. The van der Waals surface area contributed by atoms with Crippen molar-refractivity contribution in [1.82, 2.24) is 10.1 Å². The van der Waals surface area contributed by atoms with Gasteiger partial charge in [-0.05, 0) is 31.2 Å². The zero-order valence-corrected chi connectivity index (χ0v) is 10.8. The van der Waals surface area contributed by atoms with E-state index >= 15 is 0 Å². The van der Waals surface area contributed by atoms with Gasteiger partial charge in [0.25, 0.3) is 5.89 Å². The summed E-state index contributed by atoms with van der Waals surface area (Å²) >= 11 is 0. The molecule has 1 aromatic carbocycles. The second kappa shape index (κ2) is 4.85. The third kappa shape index (κ3) is 2.37. The summed E-state index contributed by atoms with van der Waals surface area (Å²) in [5, 5.41) is 4.96. The summed E-state index contributed by atoms with van der Waals surface area (Å²) in [6, 6.07) is 7.80. The summed E-state index contributed by atoms with van der Waals surface area (Å²) < 4.78 is 15.8. The van der Waals surface area contributed by atoms with Gasteiger partial charge in [-0.15, -0.1) is 0 Å². The van der Waals surface area contributed by atoms with E-state index < -0.39 is 0 Å². The quantitative estimate of drug-likeness (QED) is 0.720. The predicted molar refractivity (Wildman–Crippen MR) is 69.8 cm³/mol. The highest BCUT2D eigenvalue weighted by Gasteiger charge is 2.10. The van der Waals surface area contributed by atoms with Gasteiger partial charge in [-0.2, -0.15) is 4.98 Å². The Balaban J connectivity index is 1.92. The van der Waals surface area contributed by atoms with E-state index in [0.717, 1.165) is 22.3 Å². The van der Waals surface area contributed by atoms with Gasteiger partial charge in [-0.3, -0.25) is 0 Å². The Hall–Kier alpha value is -2.14. The molecule has 0 aliphatic heterocycles. The maximum Gasteiger partial charge on any atom is 0.257 e. The summed E-state index contributed by atoms with van der Waals surface area (Å²) in [4.78, 5) is 4.34. The molecule has 3 aromatic rings. The largest absolute Gasteiger partial charge is 0.461 e. The van der Waals surface area contributed by atoms with Crippen molar-refractivity contribution in [3.63, 3.8) is 0 Å². The molecule has 0 saturated carbocycles. The first kappa shape index (κ1) is 11.9. The number of methoxy groups -OCH3 is 1. The second-order valence-corrected chi connectivity index (χ2v) is 4.37. The van der Waals surface area contributed by atoms with Gasteiger partial charge in [0.1, 0.15) is 11.3 Å². The fraction of sp³-hybridized carbons (Fsp3) is 0.286. The summed E-state index contributed by atoms with van der Waals surface area (Å²) in [6.45, 7) is 2.51. The van der Waals surface area contributed by atoms with Crippen LogP contribution in [0.2, 0.25) is 0 Å². The van der Waals surface area contributed by atoms with Crippen LogP contribution in [0.1, 0.15) is 11.6 Å². The Kier molecular flexibility index (Phi) is 3.05. The highest BCUT2D eigenvalue weighted by Crippen LogP contribution is 2.25. The van der Waals surface area contributed by atoms with E-state index in [2.05, 4.69) is 10.1 Å². The van der Waals surface area contributed by atoms with E-state index in [9.17, 15) is 0 Å². The van der Waals surface area contributed by atoms with Crippen LogP contribution in [-0.2, 0) is 11.2 Å². The summed E-state index contributed by atoms with van der Waals surface area (Å²) in [5.41, 5.74) is 1.75.